The molecule has 44 heavy (non-hydrogen) atoms. The van der Waals surface area contributed by atoms with E-state index >= 15 is 0 Å². The van der Waals surface area contributed by atoms with E-state index in [4.69, 9.17) is 0 Å². The quantitative estimate of drug-likeness (QED) is 0.0450. The number of carbonyl (C=O) groups excluding carboxylic acids is 1. The topological polar surface area (TPSA) is 110 Å². The molecule has 0 saturated heterocycles. The van der Waals surface area contributed by atoms with E-state index in [0.717, 1.165) is 38.5 Å². The van der Waals surface area contributed by atoms with Crippen molar-refractivity contribution in [3.8, 4) is 0 Å². The lowest BCUT2D eigenvalue weighted by molar-refractivity contribution is -0.132. The van der Waals surface area contributed by atoms with Crippen LogP contribution in [0, 0.1) is 0 Å². The summed E-state index contributed by atoms with van der Waals surface area (Å²) in [6.45, 7) is 4.04. The predicted octanol–water partition coefficient (Wildman–Crippen LogP) is 9.29. The molecule has 264 valence electrons. The van der Waals surface area contributed by atoms with Crippen molar-refractivity contribution in [2.75, 3.05) is 6.61 Å². The summed E-state index contributed by atoms with van der Waals surface area (Å²) in [5, 5.41) is 43.5. The highest BCUT2D eigenvalue weighted by molar-refractivity contribution is 5.80. The molecule has 1 amide bonds. The molecule has 0 spiro atoms. The van der Waals surface area contributed by atoms with Gasteiger partial charge in [-0.1, -0.05) is 194 Å². The summed E-state index contributed by atoms with van der Waals surface area (Å²) < 4.78 is 0. The number of rotatable bonds is 35. The van der Waals surface area contributed by atoms with Gasteiger partial charge in [0.15, 0.2) is 0 Å². The van der Waals surface area contributed by atoms with Crippen LogP contribution in [0.2, 0.25) is 0 Å². The molecular formula is C38H77NO5. The highest BCUT2D eigenvalue weighted by Gasteiger charge is 2.28. The molecule has 0 aliphatic heterocycles. The zero-order valence-electron chi connectivity index (χ0n) is 29.4. The minimum atomic E-state index is -1.25. The fourth-order valence-corrected chi connectivity index (χ4v) is 6.17. The van der Waals surface area contributed by atoms with E-state index < -0.39 is 36.9 Å². The number of unbranched alkanes of at least 4 members (excludes halogenated alkanes) is 26. The largest absolute Gasteiger partial charge is 0.394 e. The Morgan fingerprint density at radius 2 is 0.773 bits per heavy atom. The number of carbonyl (C=O) groups is 1. The molecule has 0 aromatic heterocycles. The van der Waals surface area contributed by atoms with Crippen molar-refractivity contribution in [2.24, 2.45) is 0 Å². The Bertz CT molecular complexity index is 590. The first-order valence-electron chi connectivity index (χ1n) is 19.4. The average Bonchev–Trinajstić information content (AvgIpc) is 3.03. The van der Waals surface area contributed by atoms with Crippen molar-refractivity contribution in [2.45, 2.75) is 231 Å². The first-order valence-corrected chi connectivity index (χ1v) is 19.4. The molecule has 5 N–H and O–H groups in total. The third-order valence-electron chi connectivity index (χ3n) is 9.32. The highest BCUT2D eigenvalue weighted by atomic mass is 16.3. The first-order chi connectivity index (χ1) is 21.5. The second kappa shape index (κ2) is 33.7. The van der Waals surface area contributed by atoms with Crippen molar-refractivity contribution in [3.63, 3.8) is 0 Å². The normalized spacial score (nSPS) is 14.4. The van der Waals surface area contributed by atoms with Crippen LogP contribution < -0.4 is 5.32 Å². The lowest BCUT2D eigenvalue weighted by Crippen LogP contribution is -2.53. The number of amides is 1. The maximum atomic E-state index is 12.4. The van der Waals surface area contributed by atoms with Crippen molar-refractivity contribution in [1.29, 1.82) is 0 Å². The average molecular weight is 628 g/mol. The Kier molecular flexibility index (Phi) is 33.1. The molecule has 0 aliphatic carbocycles. The summed E-state index contributed by atoms with van der Waals surface area (Å²) in [6.07, 6.45) is 32.6. The van der Waals surface area contributed by atoms with Gasteiger partial charge in [0.25, 0.3) is 0 Å². The predicted molar refractivity (Wildman–Crippen MR) is 187 cm³/mol. The van der Waals surface area contributed by atoms with Crippen molar-refractivity contribution in [1.82, 2.24) is 5.32 Å². The summed E-state index contributed by atoms with van der Waals surface area (Å²) in [4.78, 5) is 12.4. The fourth-order valence-electron chi connectivity index (χ4n) is 6.17. The minimum Gasteiger partial charge on any atom is -0.394 e. The Balaban J connectivity index is 3.77. The van der Waals surface area contributed by atoms with Gasteiger partial charge < -0.3 is 25.7 Å². The van der Waals surface area contributed by atoms with Gasteiger partial charge in [-0.15, -0.1) is 0 Å². The first kappa shape index (κ1) is 43.3. The number of nitrogens with one attached hydrogen (secondary N) is 1. The standard InChI is InChI=1S/C38H77NO5/c1-3-5-7-9-11-13-15-17-18-20-22-24-26-28-30-32-36(42)38(44)39-34(33-40)37(43)35(41)31-29-27-25-23-21-19-16-14-12-10-8-6-4-2/h34-37,40-43H,3-33H2,1-2H3,(H,39,44)/t34-,35+,36+,37-/m0/s1. The van der Waals surface area contributed by atoms with Gasteiger partial charge in [-0.05, 0) is 12.8 Å². The van der Waals surface area contributed by atoms with E-state index in [9.17, 15) is 25.2 Å². The molecule has 4 atom stereocenters. The van der Waals surface area contributed by atoms with Crippen LogP contribution in [0.1, 0.15) is 206 Å². The molecule has 0 heterocycles. The van der Waals surface area contributed by atoms with Crippen LogP contribution in [0.4, 0.5) is 0 Å². The van der Waals surface area contributed by atoms with E-state index in [2.05, 4.69) is 19.2 Å². The lowest BCUT2D eigenvalue weighted by atomic mass is 9.99. The Morgan fingerprint density at radius 1 is 0.477 bits per heavy atom. The molecule has 6 nitrogen and oxygen atoms in total. The van der Waals surface area contributed by atoms with Crippen LogP contribution >= 0.6 is 0 Å². The SMILES string of the molecule is CCCCCCCCCCCCCCCCC[C@@H](O)C(=O)N[C@@H](CO)[C@H](O)[C@H](O)CCCCCCCCCCCCCCC. The molecule has 0 saturated carbocycles. The maximum absolute atomic E-state index is 12.4. The van der Waals surface area contributed by atoms with Crippen molar-refractivity contribution >= 4 is 5.91 Å². The van der Waals surface area contributed by atoms with E-state index in [1.165, 1.54) is 141 Å². The molecule has 0 fully saturated rings. The second-order valence-corrected chi connectivity index (χ2v) is 13.6. The van der Waals surface area contributed by atoms with Crippen molar-refractivity contribution < 1.29 is 25.2 Å². The zero-order valence-corrected chi connectivity index (χ0v) is 29.4. The molecule has 0 radical (unpaired) electrons. The molecule has 6 heteroatoms. The van der Waals surface area contributed by atoms with E-state index in [1.54, 1.807) is 0 Å². The minimum absolute atomic E-state index is 0.375. The number of aliphatic hydroxyl groups excluding tert-OH is 4. The van der Waals surface area contributed by atoms with Crippen LogP contribution in [-0.4, -0.2) is 57.3 Å². The molecule has 0 unspecified atom stereocenters. The Hall–Kier alpha value is -0.690. The summed E-state index contributed by atoms with van der Waals surface area (Å²) >= 11 is 0. The third kappa shape index (κ3) is 27.6. The van der Waals surface area contributed by atoms with Crippen LogP contribution in [0.25, 0.3) is 0 Å². The Labute approximate surface area is 273 Å². The van der Waals surface area contributed by atoms with Crippen LogP contribution in [-0.2, 0) is 4.79 Å². The molecule has 0 aromatic rings. The molecule has 0 aliphatic rings. The molecule has 0 rings (SSSR count). The van der Waals surface area contributed by atoms with Crippen LogP contribution in [0.3, 0.4) is 0 Å². The number of aliphatic hydroxyl groups is 4. The van der Waals surface area contributed by atoms with Gasteiger partial charge in [-0.25, -0.2) is 0 Å². The Morgan fingerprint density at radius 3 is 1.09 bits per heavy atom. The van der Waals surface area contributed by atoms with E-state index in [0.29, 0.717) is 12.8 Å². The highest BCUT2D eigenvalue weighted by Crippen LogP contribution is 2.16. The van der Waals surface area contributed by atoms with Crippen LogP contribution in [0.5, 0.6) is 0 Å². The summed E-state index contributed by atoms with van der Waals surface area (Å²) in [5.41, 5.74) is 0. The molecule has 0 bridgehead atoms. The van der Waals surface area contributed by atoms with Crippen molar-refractivity contribution in [3.05, 3.63) is 0 Å². The van der Waals surface area contributed by atoms with Gasteiger partial charge in [0.2, 0.25) is 5.91 Å². The van der Waals surface area contributed by atoms with Crippen LogP contribution in [0.15, 0.2) is 0 Å². The third-order valence-corrected chi connectivity index (χ3v) is 9.32. The smallest absolute Gasteiger partial charge is 0.249 e. The molecule has 0 aromatic carbocycles. The molecular weight excluding hydrogens is 550 g/mol. The van der Waals surface area contributed by atoms with Gasteiger partial charge in [0, 0.05) is 0 Å². The van der Waals surface area contributed by atoms with Gasteiger partial charge in [-0.2, -0.15) is 0 Å². The van der Waals surface area contributed by atoms with Gasteiger partial charge in [0.1, 0.15) is 12.2 Å². The number of hydrogen-bond acceptors (Lipinski definition) is 5. The number of hydrogen-bond donors (Lipinski definition) is 5. The van der Waals surface area contributed by atoms with Gasteiger partial charge in [-0.3, -0.25) is 4.79 Å². The monoisotopic (exact) mass is 628 g/mol. The zero-order chi connectivity index (χ0) is 32.5. The maximum Gasteiger partial charge on any atom is 0.249 e. The summed E-state index contributed by atoms with van der Waals surface area (Å²) in [7, 11) is 0. The lowest BCUT2D eigenvalue weighted by Gasteiger charge is -2.27. The van der Waals surface area contributed by atoms with E-state index in [1.807, 2.05) is 0 Å². The second-order valence-electron chi connectivity index (χ2n) is 13.6. The summed E-state index contributed by atoms with van der Waals surface area (Å²) in [5.74, 6) is -0.582. The van der Waals surface area contributed by atoms with E-state index in [-0.39, 0.29) is 0 Å². The van der Waals surface area contributed by atoms with Gasteiger partial charge >= 0.3 is 0 Å². The fraction of sp³-hybridized carbons (Fsp3) is 0.974. The van der Waals surface area contributed by atoms with Gasteiger partial charge in [0.05, 0.1) is 18.8 Å². The summed E-state index contributed by atoms with van der Waals surface area (Å²) in [6, 6.07) is -0.977.